The lowest BCUT2D eigenvalue weighted by Gasteiger charge is -2.40. The molecule has 0 spiro atoms. The van der Waals surface area contributed by atoms with Crippen LogP contribution in [0.2, 0.25) is 0 Å². The first-order valence-electron chi connectivity index (χ1n) is 10.7. The van der Waals surface area contributed by atoms with Gasteiger partial charge >= 0.3 is 12.1 Å². The van der Waals surface area contributed by atoms with Crippen LogP contribution in [0.1, 0.15) is 38.4 Å². The molecule has 1 saturated heterocycles. The molecule has 164 valence electrons. The Bertz CT molecular complexity index is 983. The Hall–Kier alpha value is -2.63. The van der Waals surface area contributed by atoms with E-state index in [1.807, 2.05) is 13.0 Å². The van der Waals surface area contributed by atoms with E-state index in [0.717, 1.165) is 24.2 Å². The first-order valence-corrected chi connectivity index (χ1v) is 10.7. The molecule has 3 nitrogen and oxygen atoms in total. The molecule has 1 saturated carbocycles. The van der Waals surface area contributed by atoms with Gasteiger partial charge in [0.15, 0.2) is 0 Å². The average molecular weight is 429 g/mol. The highest BCUT2D eigenvalue weighted by Gasteiger charge is 2.51. The molecular weight excluding hydrogens is 403 g/mol. The van der Waals surface area contributed by atoms with Crippen molar-refractivity contribution in [2.45, 2.75) is 39.5 Å². The number of esters is 1. The number of hydrogen-bond donors (Lipinski definition) is 0. The molecule has 6 heteroatoms. The van der Waals surface area contributed by atoms with Crippen LogP contribution >= 0.6 is 0 Å². The number of rotatable bonds is 3. The molecule has 2 fully saturated rings. The minimum Gasteiger partial charge on any atom is -0.462 e. The average Bonchev–Trinajstić information content (AvgIpc) is 3.01. The standard InChI is InChI=1S/C25H26F3NO2/c1-14-11-22-23(16(3)31-24(22)30)21(15(14)2)10-9-20-8-7-18(13-29-20)17-5-4-6-19(12-17)25(26,27)28/h4-10,12-16,21-23H,11H2,1-3H3/b10-9+/t14-,15+,16+,21-,22+,23-/m0/s1. The molecule has 0 bridgehead atoms. The Morgan fingerprint density at radius 2 is 1.87 bits per heavy atom. The maximum absolute atomic E-state index is 13.0. The summed E-state index contributed by atoms with van der Waals surface area (Å²) < 4.78 is 44.4. The lowest BCUT2D eigenvalue weighted by molar-refractivity contribution is -0.144. The normalized spacial score (nSPS) is 31.0. The summed E-state index contributed by atoms with van der Waals surface area (Å²) in [5.74, 6) is 1.08. The molecule has 6 atom stereocenters. The molecule has 0 amide bonds. The predicted octanol–water partition coefficient (Wildman–Crippen LogP) is 6.25. The Morgan fingerprint density at radius 1 is 1.10 bits per heavy atom. The minimum absolute atomic E-state index is 0.0490. The Balaban J connectivity index is 1.54. The van der Waals surface area contributed by atoms with E-state index < -0.39 is 11.7 Å². The van der Waals surface area contributed by atoms with Crippen LogP contribution in [0.5, 0.6) is 0 Å². The van der Waals surface area contributed by atoms with Crippen LogP contribution in [0.4, 0.5) is 13.2 Å². The summed E-state index contributed by atoms with van der Waals surface area (Å²) in [7, 11) is 0. The molecule has 4 rings (SSSR count). The van der Waals surface area contributed by atoms with Crippen molar-refractivity contribution in [3.05, 3.63) is 59.9 Å². The molecule has 2 aromatic rings. The van der Waals surface area contributed by atoms with Gasteiger partial charge in [-0.1, -0.05) is 38.1 Å². The van der Waals surface area contributed by atoms with E-state index in [1.165, 1.54) is 6.07 Å². The largest absolute Gasteiger partial charge is 0.462 e. The Morgan fingerprint density at radius 3 is 2.55 bits per heavy atom. The molecule has 0 N–H and O–H groups in total. The van der Waals surface area contributed by atoms with Gasteiger partial charge in [-0.05, 0) is 60.9 Å². The van der Waals surface area contributed by atoms with Crippen LogP contribution in [-0.2, 0) is 15.7 Å². The van der Waals surface area contributed by atoms with Crippen molar-refractivity contribution in [2.75, 3.05) is 0 Å². The van der Waals surface area contributed by atoms with E-state index in [1.54, 1.807) is 24.4 Å². The van der Waals surface area contributed by atoms with Crippen LogP contribution < -0.4 is 0 Å². The fraction of sp³-hybridized carbons (Fsp3) is 0.440. The number of carbonyl (C=O) groups excluding carboxylic acids is 1. The quantitative estimate of drug-likeness (QED) is 0.542. The maximum atomic E-state index is 13.0. The zero-order chi connectivity index (χ0) is 22.3. The number of pyridine rings is 1. The van der Waals surface area contributed by atoms with Crippen LogP contribution in [0.3, 0.4) is 0 Å². The van der Waals surface area contributed by atoms with Gasteiger partial charge in [0.2, 0.25) is 0 Å². The number of halogens is 3. The third kappa shape index (κ3) is 4.25. The first-order chi connectivity index (χ1) is 14.6. The van der Waals surface area contributed by atoms with Crippen molar-refractivity contribution in [1.82, 2.24) is 4.98 Å². The molecule has 1 aromatic heterocycles. The monoisotopic (exact) mass is 429 g/mol. The zero-order valence-corrected chi connectivity index (χ0v) is 17.8. The maximum Gasteiger partial charge on any atom is 0.416 e. The molecule has 2 aliphatic rings. The van der Waals surface area contributed by atoms with Crippen molar-refractivity contribution < 1.29 is 22.7 Å². The highest BCUT2D eigenvalue weighted by atomic mass is 19.4. The fourth-order valence-electron chi connectivity index (χ4n) is 5.08. The van der Waals surface area contributed by atoms with Gasteiger partial charge in [-0.25, -0.2) is 0 Å². The van der Waals surface area contributed by atoms with E-state index in [4.69, 9.17) is 4.74 Å². The number of fused-ring (bicyclic) bond motifs is 1. The zero-order valence-electron chi connectivity index (χ0n) is 17.8. The number of benzene rings is 1. The van der Waals surface area contributed by atoms with E-state index in [9.17, 15) is 18.0 Å². The third-order valence-electron chi connectivity index (χ3n) is 6.99. The van der Waals surface area contributed by atoms with E-state index >= 15 is 0 Å². The second-order valence-corrected chi connectivity index (χ2v) is 8.88. The number of carbonyl (C=O) groups is 1. The van der Waals surface area contributed by atoms with Gasteiger partial charge in [0.1, 0.15) is 6.10 Å². The number of cyclic esters (lactones) is 1. The van der Waals surface area contributed by atoms with Crippen molar-refractivity contribution in [1.29, 1.82) is 0 Å². The topological polar surface area (TPSA) is 39.2 Å². The minimum atomic E-state index is -4.37. The third-order valence-corrected chi connectivity index (χ3v) is 6.99. The predicted molar refractivity (Wildman–Crippen MR) is 113 cm³/mol. The second kappa shape index (κ2) is 8.13. The molecular formula is C25H26F3NO2. The molecule has 1 aliphatic carbocycles. The highest BCUT2D eigenvalue weighted by Crippen LogP contribution is 2.49. The van der Waals surface area contributed by atoms with Gasteiger partial charge < -0.3 is 4.74 Å². The van der Waals surface area contributed by atoms with Crippen molar-refractivity contribution in [3.8, 4) is 11.1 Å². The van der Waals surface area contributed by atoms with Crippen LogP contribution in [0.25, 0.3) is 17.2 Å². The SMILES string of the molecule is C[C@H]1[C@H](/C=C/c2ccc(-c3cccc(C(F)(F)F)c3)cn2)[C@@H]2[C@@H](C)OC(=O)[C@@H]2C[C@@H]1C. The van der Waals surface area contributed by atoms with Gasteiger partial charge in [0.05, 0.1) is 17.2 Å². The smallest absolute Gasteiger partial charge is 0.416 e. The van der Waals surface area contributed by atoms with Gasteiger partial charge in [0.25, 0.3) is 0 Å². The van der Waals surface area contributed by atoms with Crippen LogP contribution in [-0.4, -0.2) is 17.1 Å². The van der Waals surface area contributed by atoms with E-state index in [-0.39, 0.29) is 29.8 Å². The molecule has 1 aromatic carbocycles. The van der Waals surface area contributed by atoms with Gasteiger partial charge in [0, 0.05) is 17.7 Å². The van der Waals surface area contributed by atoms with Crippen molar-refractivity contribution in [2.24, 2.45) is 29.6 Å². The second-order valence-electron chi connectivity index (χ2n) is 8.88. The molecule has 2 heterocycles. The van der Waals surface area contributed by atoms with Crippen LogP contribution in [0.15, 0.2) is 48.7 Å². The summed E-state index contributed by atoms with van der Waals surface area (Å²) in [4.78, 5) is 16.6. The summed E-state index contributed by atoms with van der Waals surface area (Å²) in [6, 6.07) is 8.83. The summed E-state index contributed by atoms with van der Waals surface area (Å²) in [5.41, 5.74) is 1.17. The Kier molecular flexibility index (Phi) is 5.67. The Labute approximate surface area is 180 Å². The van der Waals surface area contributed by atoms with Crippen LogP contribution in [0, 0.1) is 29.6 Å². The van der Waals surface area contributed by atoms with E-state index in [0.29, 0.717) is 23.0 Å². The number of allylic oxidation sites excluding steroid dienone is 1. The number of nitrogens with zero attached hydrogens (tertiary/aromatic N) is 1. The number of hydrogen-bond acceptors (Lipinski definition) is 3. The van der Waals surface area contributed by atoms with E-state index in [2.05, 4.69) is 24.9 Å². The first kappa shape index (κ1) is 21.6. The van der Waals surface area contributed by atoms with Gasteiger partial charge in [-0.3, -0.25) is 9.78 Å². The van der Waals surface area contributed by atoms with Crippen molar-refractivity contribution >= 4 is 12.0 Å². The summed E-state index contributed by atoms with van der Waals surface area (Å²) >= 11 is 0. The number of alkyl halides is 3. The summed E-state index contributed by atoms with van der Waals surface area (Å²) in [5, 5.41) is 0. The summed E-state index contributed by atoms with van der Waals surface area (Å²) in [6.45, 7) is 6.36. The number of ether oxygens (including phenoxy) is 1. The fourth-order valence-corrected chi connectivity index (χ4v) is 5.08. The number of aromatic nitrogens is 1. The van der Waals surface area contributed by atoms with Gasteiger partial charge in [-0.15, -0.1) is 0 Å². The molecule has 0 unspecified atom stereocenters. The van der Waals surface area contributed by atoms with Crippen molar-refractivity contribution in [3.63, 3.8) is 0 Å². The molecule has 0 radical (unpaired) electrons. The highest BCUT2D eigenvalue weighted by molar-refractivity contribution is 5.75. The lowest BCUT2D eigenvalue weighted by Crippen LogP contribution is -2.39. The lowest BCUT2D eigenvalue weighted by atomic mass is 9.62. The summed E-state index contributed by atoms with van der Waals surface area (Å²) in [6.07, 6.45) is 2.06. The van der Waals surface area contributed by atoms with Gasteiger partial charge in [-0.2, -0.15) is 13.2 Å². The molecule has 1 aliphatic heterocycles. The molecule has 31 heavy (non-hydrogen) atoms.